The molecule has 0 spiro atoms. The van der Waals surface area contributed by atoms with Crippen molar-refractivity contribution in [3.8, 4) is 0 Å². The van der Waals surface area contributed by atoms with Crippen molar-refractivity contribution in [3.63, 3.8) is 0 Å². The van der Waals surface area contributed by atoms with Gasteiger partial charge in [-0.15, -0.1) is 0 Å². The third kappa shape index (κ3) is 3.85. The van der Waals surface area contributed by atoms with Gasteiger partial charge in [0.2, 0.25) is 5.91 Å². The maximum Gasteiger partial charge on any atom is 0.254 e. The Morgan fingerprint density at radius 2 is 1.66 bits per heavy atom. The molecular weight excluding hydrogens is 382 g/mol. The number of aryl methyl sites for hydroxylation is 3. The number of anilines is 2. The molecule has 6 heteroatoms. The van der Waals surface area contributed by atoms with Gasteiger partial charge in [-0.05, 0) is 49.4 Å². The molecule has 29 heavy (non-hydrogen) atoms. The monoisotopic (exact) mass is 405 g/mol. The molecule has 0 saturated heterocycles. The highest BCUT2D eigenvalue weighted by atomic mass is 32.2. The molecular formula is C23H23N3O2S. The number of carbonyl (C=O) groups excluding carboxylic acids is 1. The highest BCUT2D eigenvalue weighted by Crippen LogP contribution is 2.36. The van der Waals surface area contributed by atoms with Crippen molar-refractivity contribution in [2.75, 3.05) is 10.7 Å². The first-order valence-electron chi connectivity index (χ1n) is 9.80. The summed E-state index contributed by atoms with van der Waals surface area (Å²) < 4.78 is 0. The quantitative estimate of drug-likeness (QED) is 0.522. The molecule has 5 nitrogen and oxygen atoms in total. The van der Waals surface area contributed by atoms with Crippen LogP contribution in [0.5, 0.6) is 0 Å². The minimum Gasteiger partial charge on any atom is -0.301 e. The van der Waals surface area contributed by atoms with Gasteiger partial charge in [0.05, 0.1) is 17.1 Å². The second-order valence-corrected chi connectivity index (χ2v) is 8.03. The number of hydrogen-bond acceptors (Lipinski definition) is 4. The Morgan fingerprint density at radius 1 is 1.07 bits per heavy atom. The van der Waals surface area contributed by atoms with E-state index in [1.807, 2.05) is 55.1 Å². The Bertz CT molecular complexity index is 1080. The maximum atomic E-state index is 13.3. The van der Waals surface area contributed by atoms with Crippen LogP contribution < -0.4 is 10.5 Å². The number of nitrogens with one attached hydrogen (secondary N) is 1. The van der Waals surface area contributed by atoms with Gasteiger partial charge in [0.1, 0.15) is 0 Å². The molecule has 0 bridgehead atoms. The molecule has 1 N–H and O–H groups in total. The van der Waals surface area contributed by atoms with Gasteiger partial charge in [0.25, 0.3) is 5.56 Å². The lowest BCUT2D eigenvalue weighted by atomic mass is 10.0. The van der Waals surface area contributed by atoms with E-state index < -0.39 is 0 Å². The van der Waals surface area contributed by atoms with Gasteiger partial charge in [-0.3, -0.25) is 14.5 Å². The number of para-hydroxylation sites is 2. The molecule has 1 aliphatic heterocycles. The number of aromatic amines is 1. The number of fused-ring (bicyclic) bond motifs is 2. The minimum absolute atomic E-state index is 0.0309. The predicted octanol–water partition coefficient (Wildman–Crippen LogP) is 4.20. The van der Waals surface area contributed by atoms with E-state index in [9.17, 15) is 9.59 Å². The van der Waals surface area contributed by atoms with E-state index >= 15 is 0 Å². The summed E-state index contributed by atoms with van der Waals surface area (Å²) in [6.07, 6.45) is 2.44. The van der Waals surface area contributed by atoms with Crippen molar-refractivity contribution < 1.29 is 4.79 Å². The van der Waals surface area contributed by atoms with Gasteiger partial charge in [-0.25, -0.2) is 4.98 Å². The van der Waals surface area contributed by atoms with Crippen LogP contribution in [-0.2, 0) is 24.1 Å². The number of nitrogens with zero attached hydrogens (tertiary/aromatic N) is 2. The summed E-state index contributed by atoms with van der Waals surface area (Å²) in [5.41, 5.74) is 5.48. The lowest BCUT2D eigenvalue weighted by Crippen LogP contribution is -2.28. The van der Waals surface area contributed by atoms with Gasteiger partial charge in [-0.2, -0.15) is 0 Å². The standard InChI is InChI=1S/C23H23N3O2S/c1-3-18-15(2)24-23(25-22(18)28)29-14-21(27)26-19-10-6-4-8-16(19)12-13-17-9-5-7-11-20(17)26/h4-11H,3,12-14H2,1-2H3,(H,24,25,28). The predicted molar refractivity (Wildman–Crippen MR) is 117 cm³/mol. The summed E-state index contributed by atoms with van der Waals surface area (Å²) >= 11 is 1.27. The Balaban J connectivity index is 1.64. The zero-order valence-corrected chi connectivity index (χ0v) is 17.4. The summed E-state index contributed by atoms with van der Waals surface area (Å²) in [6, 6.07) is 16.1. The van der Waals surface area contributed by atoms with Crippen LogP contribution in [0.15, 0.2) is 58.5 Å². The fourth-order valence-corrected chi connectivity index (χ4v) is 4.57. The Hall–Kier alpha value is -2.86. The number of H-pyrrole nitrogens is 1. The average Bonchev–Trinajstić information content (AvgIpc) is 2.89. The summed E-state index contributed by atoms with van der Waals surface area (Å²) in [5.74, 6) is 0.160. The summed E-state index contributed by atoms with van der Waals surface area (Å²) in [7, 11) is 0. The van der Waals surface area contributed by atoms with Gasteiger partial charge in [0.15, 0.2) is 5.16 Å². The summed E-state index contributed by atoms with van der Waals surface area (Å²) in [4.78, 5) is 34.6. The number of carbonyl (C=O) groups is 1. The SMILES string of the molecule is CCc1c(C)nc(SCC(=O)N2c3ccccc3CCc3ccccc32)[nH]c1=O. The summed E-state index contributed by atoms with van der Waals surface area (Å²) in [6.45, 7) is 3.77. The second kappa shape index (κ2) is 8.25. The fraction of sp³-hybridized carbons (Fsp3) is 0.261. The lowest BCUT2D eigenvalue weighted by Gasteiger charge is -2.24. The molecule has 1 aromatic heterocycles. The topological polar surface area (TPSA) is 66.1 Å². The van der Waals surface area contributed by atoms with E-state index in [0.29, 0.717) is 17.1 Å². The fourth-order valence-electron chi connectivity index (χ4n) is 3.81. The number of aromatic nitrogens is 2. The lowest BCUT2D eigenvalue weighted by molar-refractivity contribution is -0.115. The van der Waals surface area contributed by atoms with Gasteiger partial charge in [-0.1, -0.05) is 55.1 Å². The van der Waals surface area contributed by atoms with Crippen LogP contribution in [-0.4, -0.2) is 21.6 Å². The molecule has 0 unspecified atom stereocenters. The van der Waals surface area contributed by atoms with Crippen molar-refractivity contribution in [1.29, 1.82) is 0 Å². The number of amides is 1. The Kier molecular flexibility index (Phi) is 5.53. The highest BCUT2D eigenvalue weighted by molar-refractivity contribution is 7.99. The van der Waals surface area contributed by atoms with Crippen LogP contribution in [0.25, 0.3) is 0 Å². The molecule has 4 rings (SSSR count). The molecule has 0 fully saturated rings. The molecule has 1 amide bonds. The van der Waals surface area contributed by atoms with E-state index in [0.717, 1.165) is 41.0 Å². The molecule has 0 aliphatic carbocycles. The minimum atomic E-state index is -0.125. The van der Waals surface area contributed by atoms with E-state index in [2.05, 4.69) is 22.1 Å². The van der Waals surface area contributed by atoms with Gasteiger partial charge in [0, 0.05) is 11.3 Å². The van der Waals surface area contributed by atoms with Crippen LogP contribution in [0.1, 0.15) is 29.3 Å². The first-order chi connectivity index (χ1) is 14.1. The van der Waals surface area contributed by atoms with Crippen molar-refractivity contribution in [1.82, 2.24) is 9.97 Å². The van der Waals surface area contributed by atoms with Crippen molar-refractivity contribution in [2.45, 2.75) is 38.3 Å². The number of hydrogen-bond donors (Lipinski definition) is 1. The van der Waals surface area contributed by atoms with Crippen LogP contribution in [0.3, 0.4) is 0 Å². The maximum absolute atomic E-state index is 13.3. The first-order valence-corrected chi connectivity index (χ1v) is 10.8. The Morgan fingerprint density at radius 3 is 2.21 bits per heavy atom. The van der Waals surface area contributed by atoms with Crippen molar-refractivity contribution in [3.05, 3.63) is 81.3 Å². The van der Waals surface area contributed by atoms with Crippen LogP contribution >= 0.6 is 11.8 Å². The zero-order valence-electron chi connectivity index (χ0n) is 16.6. The van der Waals surface area contributed by atoms with Crippen LogP contribution in [0.4, 0.5) is 11.4 Å². The number of benzene rings is 2. The smallest absolute Gasteiger partial charge is 0.254 e. The van der Waals surface area contributed by atoms with Crippen molar-refractivity contribution >= 4 is 29.0 Å². The van der Waals surface area contributed by atoms with Gasteiger partial charge < -0.3 is 4.98 Å². The van der Waals surface area contributed by atoms with E-state index in [1.54, 1.807) is 0 Å². The Labute approximate surface area is 174 Å². The van der Waals surface area contributed by atoms with Crippen LogP contribution in [0, 0.1) is 6.92 Å². The number of thioether (sulfide) groups is 1. The van der Waals surface area contributed by atoms with Crippen molar-refractivity contribution in [2.24, 2.45) is 0 Å². The van der Waals surface area contributed by atoms with E-state index in [-0.39, 0.29) is 17.2 Å². The molecule has 1 aliphatic rings. The molecule has 0 saturated carbocycles. The molecule has 0 atom stereocenters. The molecule has 0 radical (unpaired) electrons. The third-order valence-corrected chi connectivity index (χ3v) is 6.12. The second-order valence-electron chi connectivity index (χ2n) is 7.06. The zero-order chi connectivity index (χ0) is 20.4. The molecule has 2 aromatic carbocycles. The highest BCUT2D eigenvalue weighted by Gasteiger charge is 2.25. The van der Waals surface area contributed by atoms with E-state index in [4.69, 9.17) is 0 Å². The third-order valence-electron chi connectivity index (χ3n) is 5.26. The molecule has 2 heterocycles. The average molecular weight is 406 g/mol. The largest absolute Gasteiger partial charge is 0.301 e. The first kappa shape index (κ1) is 19.5. The summed E-state index contributed by atoms with van der Waals surface area (Å²) in [5, 5.41) is 0.481. The normalized spacial score (nSPS) is 12.8. The van der Waals surface area contributed by atoms with Crippen LogP contribution in [0.2, 0.25) is 0 Å². The van der Waals surface area contributed by atoms with E-state index in [1.165, 1.54) is 11.8 Å². The van der Waals surface area contributed by atoms with Gasteiger partial charge >= 0.3 is 0 Å². The molecule has 3 aromatic rings. The molecule has 148 valence electrons. The number of rotatable bonds is 4.